The van der Waals surface area contributed by atoms with Crippen molar-refractivity contribution in [3.8, 4) is 5.75 Å². The molecule has 0 saturated heterocycles. The number of methoxy groups -OCH3 is 1. The Balaban J connectivity index is 1.73. The van der Waals surface area contributed by atoms with Crippen molar-refractivity contribution in [1.82, 2.24) is 0 Å². The van der Waals surface area contributed by atoms with Gasteiger partial charge in [0.25, 0.3) is 0 Å². The molecule has 0 fully saturated rings. The van der Waals surface area contributed by atoms with Gasteiger partial charge >= 0.3 is 5.97 Å². The van der Waals surface area contributed by atoms with Gasteiger partial charge in [0.1, 0.15) is 5.75 Å². The van der Waals surface area contributed by atoms with Crippen molar-refractivity contribution in [3.63, 3.8) is 0 Å². The second kappa shape index (κ2) is 10.8. The number of ether oxygens (including phenoxy) is 3. The molecule has 0 saturated carbocycles. The topological polar surface area (TPSA) is 77.4 Å². The van der Waals surface area contributed by atoms with Crippen LogP contribution in [0.15, 0.2) is 88.3 Å². The SMILES string of the molecule is COC(=O)[C@]1(Cc2ccc(Br)cc2)N=C(c2ccc(OCCCO)cc2)O[C@@H]1c1ccccc1. The van der Waals surface area contributed by atoms with Crippen LogP contribution in [0.2, 0.25) is 0 Å². The Bertz CT molecular complexity index is 1130. The predicted octanol–water partition coefficient (Wildman–Crippen LogP) is 4.88. The van der Waals surface area contributed by atoms with Crippen molar-refractivity contribution < 1.29 is 24.1 Å². The third-order valence-electron chi connectivity index (χ3n) is 5.66. The van der Waals surface area contributed by atoms with E-state index in [1.807, 2.05) is 78.9 Å². The number of esters is 1. The number of aliphatic hydroxyl groups is 1. The summed E-state index contributed by atoms with van der Waals surface area (Å²) in [5.74, 6) is 0.603. The first-order valence-corrected chi connectivity index (χ1v) is 11.8. The van der Waals surface area contributed by atoms with E-state index in [1.54, 1.807) is 0 Å². The first-order valence-electron chi connectivity index (χ1n) is 11.0. The van der Waals surface area contributed by atoms with E-state index in [1.165, 1.54) is 7.11 Å². The molecular weight excluding hydrogens is 498 g/mol. The van der Waals surface area contributed by atoms with Crippen molar-refractivity contribution in [2.75, 3.05) is 20.3 Å². The minimum Gasteiger partial charge on any atom is -0.494 e. The highest BCUT2D eigenvalue weighted by Crippen LogP contribution is 2.43. The summed E-state index contributed by atoms with van der Waals surface area (Å²) < 4.78 is 18.2. The second-order valence-electron chi connectivity index (χ2n) is 7.99. The number of hydrogen-bond donors (Lipinski definition) is 1. The van der Waals surface area contributed by atoms with E-state index < -0.39 is 17.6 Å². The highest BCUT2D eigenvalue weighted by atomic mass is 79.9. The Kier molecular flexibility index (Phi) is 7.65. The minimum atomic E-state index is -1.28. The number of aliphatic imine (C=N–C) groups is 1. The third kappa shape index (κ3) is 5.16. The average Bonchev–Trinajstić information content (AvgIpc) is 3.26. The lowest BCUT2D eigenvalue weighted by molar-refractivity contribution is -0.149. The van der Waals surface area contributed by atoms with Crippen LogP contribution in [0.5, 0.6) is 5.75 Å². The van der Waals surface area contributed by atoms with Gasteiger partial charge in [0.2, 0.25) is 11.4 Å². The standard InChI is InChI=1S/C27H26BrNO5/c1-32-26(31)27(18-19-8-12-22(28)13-9-19)24(20-6-3-2-4-7-20)34-25(29-27)21-10-14-23(15-11-21)33-17-5-16-30/h2-4,6-15,24,30H,5,16-18H2,1H3/t24-,27-/m1/s1. The molecule has 4 rings (SSSR count). The summed E-state index contributed by atoms with van der Waals surface area (Å²) in [4.78, 5) is 18.2. The molecule has 176 valence electrons. The zero-order valence-corrected chi connectivity index (χ0v) is 20.4. The van der Waals surface area contributed by atoms with Crippen LogP contribution in [-0.2, 0) is 20.7 Å². The normalized spacial score (nSPS) is 19.3. The summed E-state index contributed by atoms with van der Waals surface area (Å²) >= 11 is 3.46. The average molecular weight is 524 g/mol. The molecule has 2 atom stereocenters. The van der Waals surface area contributed by atoms with E-state index in [0.717, 1.165) is 21.2 Å². The summed E-state index contributed by atoms with van der Waals surface area (Å²) in [6.07, 6.45) is 0.229. The molecule has 3 aromatic rings. The van der Waals surface area contributed by atoms with Crippen molar-refractivity contribution >= 4 is 27.8 Å². The minimum absolute atomic E-state index is 0.0809. The zero-order valence-electron chi connectivity index (χ0n) is 18.8. The van der Waals surface area contributed by atoms with E-state index in [2.05, 4.69) is 15.9 Å². The first-order chi connectivity index (χ1) is 16.6. The summed E-state index contributed by atoms with van der Waals surface area (Å²) in [5, 5.41) is 8.93. The number of aliphatic hydroxyl groups excluding tert-OH is 1. The van der Waals surface area contributed by atoms with Gasteiger partial charge in [0, 0.05) is 29.5 Å². The van der Waals surface area contributed by atoms with Gasteiger partial charge in [-0.05, 0) is 47.5 Å². The molecule has 0 aromatic heterocycles. The largest absolute Gasteiger partial charge is 0.494 e. The fourth-order valence-corrected chi connectivity index (χ4v) is 4.24. The van der Waals surface area contributed by atoms with Crippen LogP contribution < -0.4 is 4.74 Å². The number of nitrogens with zero attached hydrogens (tertiary/aromatic N) is 1. The molecule has 34 heavy (non-hydrogen) atoms. The van der Waals surface area contributed by atoms with Gasteiger partial charge < -0.3 is 19.3 Å². The van der Waals surface area contributed by atoms with E-state index >= 15 is 0 Å². The molecule has 6 nitrogen and oxygen atoms in total. The number of halogens is 1. The van der Waals surface area contributed by atoms with Crippen molar-refractivity contribution in [2.24, 2.45) is 4.99 Å². The van der Waals surface area contributed by atoms with E-state index in [4.69, 9.17) is 24.3 Å². The van der Waals surface area contributed by atoms with Crippen LogP contribution in [0.1, 0.15) is 29.2 Å². The highest BCUT2D eigenvalue weighted by molar-refractivity contribution is 9.10. The van der Waals surface area contributed by atoms with E-state index in [-0.39, 0.29) is 6.61 Å². The summed E-state index contributed by atoms with van der Waals surface area (Å²) in [6.45, 7) is 0.513. The van der Waals surface area contributed by atoms with Gasteiger partial charge in [-0.3, -0.25) is 0 Å². The Hall–Kier alpha value is -3.16. The number of carbonyl (C=O) groups is 1. The van der Waals surface area contributed by atoms with Gasteiger partial charge in [0.15, 0.2) is 6.10 Å². The summed E-state index contributed by atoms with van der Waals surface area (Å²) in [7, 11) is 1.37. The molecule has 1 heterocycles. The van der Waals surface area contributed by atoms with E-state index in [9.17, 15) is 4.79 Å². The van der Waals surface area contributed by atoms with E-state index in [0.29, 0.717) is 31.1 Å². The van der Waals surface area contributed by atoms with Crippen molar-refractivity contribution in [1.29, 1.82) is 0 Å². The predicted molar refractivity (Wildman–Crippen MR) is 133 cm³/mol. The van der Waals surface area contributed by atoms with Crippen LogP contribution in [-0.4, -0.2) is 42.8 Å². The quantitative estimate of drug-likeness (QED) is 0.319. The van der Waals surface area contributed by atoms with Gasteiger partial charge in [-0.1, -0.05) is 58.4 Å². The lowest BCUT2D eigenvalue weighted by Gasteiger charge is -2.29. The molecule has 1 aliphatic heterocycles. The molecule has 0 spiro atoms. The lowest BCUT2D eigenvalue weighted by atomic mass is 9.83. The van der Waals surface area contributed by atoms with Gasteiger partial charge in [-0.2, -0.15) is 0 Å². The molecule has 3 aromatic carbocycles. The van der Waals surface area contributed by atoms with Gasteiger partial charge in [-0.15, -0.1) is 0 Å². The van der Waals surface area contributed by atoms with Gasteiger partial charge in [-0.25, -0.2) is 9.79 Å². The van der Waals surface area contributed by atoms with Crippen LogP contribution >= 0.6 is 15.9 Å². The fourth-order valence-electron chi connectivity index (χ4n) is 3.98. The zero-order chi connectivity index (χ0) is 24.0. The van der Waals surface area contributed by atoms with Crippen LogP contribution in [0.4, 0.5) is 0 Å². The lowest BCUT2D eigenvalue weighted by Crippen LogP contribution is -2.44. The maximum absolute atomic E-state index is 13.3. The molecule has 1 N–H and O–H groups in total. The Morgan fingerprint density at radius 3 is 2.41 bits per heavy atom. The first kappa shape index (κ1) is 24.0. The van der Waals surface area contributed by atoms with Crippen molar-refractivity contribution in [2.45, 2.75) is 24.5 Å². The van der Waals surface area contributed by atoms with Crippen LogP contribution in [0, 0.1) is 0 Å². The molecule has 0 bridgehead atoms. The molecule has 1 aliphatic rings. The monoisotopic (exact) mass is 523 g/mol. The Morgan fingerprint density at radius 1 is 1.06 bits per heavy atom. The smallest absolute Gasteiger partial charge is 0.338 e. The molecule has 0 aliphatic carbocycles. The molecule has 0 amide bonds. The molecule has 0 unspecified atom stereocenters. The Morgan fingerprint density at radius 2 is 1.76 bits per heavy atom. The number of benzene rings is 3. The highest BCUT2D eigenvalue weighted by Gasteiger charge is 2.54. The number of rotatable bonds is 9. The number of hydrogen-bond acceptors (Lipinski definition) is 6. The maximum atomic E-state index is 13.3. The molecule has 0 radical (unpaired) electrons. The summed E-state index contributed by atoms with van der Waals surface area (Å²) in [5.41, 5.74) is 1.23. The van der Waals surface area contributed by atoms with Crippen LogP contribution in [0.3, 0.4) is 0 Å². The van der Waals surface area contributed by atoms with Gasteiger partial charge in [0.05, 0.1) is 13.7 Å². The third-order valence-corrected chi connectivity index (χ3v) is 6.19. The Labute approximate surface area is 207 Å². The maximum Gasteiger partial charge on any atom is 0.338 e. The number of carbonyl (C=O) groups excluding carboxylic acids is 1. The fraction of sp³-hybridized carbons (Fsp3) is 0.259. The molecule has 7 heteroatoms. The summed E-state index contributed by atoms with van der Waals surface area (Å²) in [6, 6.07) is 24.8. The van der Waals surface area contributed by atoms with Crippen molar-refractivity contribution in [3.05, 3.63) is 100 Å². The molecular formula is C27H26BrNO5. The van der Waals surface area contributed by atoms with Crippen LogP contribution in [0.25, 0.3) is 0 Å². The second-order valence-corrected chi connectivity index (χ2v) is 8.91.